The summed E-state index contributed by atoms with van der Waals surface area (Å²) in [6.07, 6.45) is 13.3. The first-order valence-corrected chi connectivity index (χ1v) is 23.0. The van der Waals surface area contributed by atoms with Crippen LogP contribution in [0.2, 0.25) is 0 Å². The molecule has 0 radical (unpaired) electrons. The Hall–Kier alpha value is -5.00. The number of aryl methyl sites for hydroxylation is 6. The summed E-state index contributed by atoms with van der Waals surface area (Å²) >= 11 is 0. The smallest absolute Gasteiger partial charge is 0.395 e. The lowest BCUT2D eigenvalue weighted by atomic mass is 9.91. The van der Waals surface area contributed by atoms with E-state index in [2.05, 4.69) is 12.7 Å². The maximum atomic E-state index is 14.5. The van der Waals surface area contributed by atoms with E-state index in [1.807, 2.05) is 166 Å². The van der Waals surface area contributed by atoms with E-state index < -0.39 is 15.6 Å². The van der Waals surface area contributed by atoms with Gasteiger partial charge < -0.3 is 22.6 Å². The largest absolute Gasteiger partial charge is 0.647 e. The zero-order valence-corrected chi connectivity index (χ0v) is 37.8. The molecule has 0 heterocycles. The van der Waals surface area contributed by atoms with Crippen LogP contribution in [0.15, 0.2) is 139 Å². The van der Waals surface area contributed by atoms with Crippen molar-refractivity contribution in [3.05, 3.63) is 178 Å². The average Bonchev–Trinajstić information content (AvgIpc) is 3.90. The molecule has 0 saturated heterocycles. The van der Waals surface area contributed by atoms with E-state index >= 15 is 0 Å². The maximum Gasteiger partial charge on any atom is 0.647 e. The highest BCUT2D eigenvalue weighted by molar-refractivity contribution is 7.49. The third-order valence-electron chi connectivity index (χ3n) is 10.1. The van der Waals surface area contributed by atoms with E-state index in [0.717, 1.165) is 62.9 Å². The van der Waals surface area contributed by atoms with E-state index in [0.29, 0.717) is 28.8 Å². The van der Waals surface area contributed by atoms with Crippen molar-refractivity contribution in [1.82, 2.24) is 0 Å². The molecule has 1 fully saturated rings. The van der Waals surface area contributed by atoms with Crippen LogP contribution in [0.4, 0.5) is 0 Å². The zero-order valence-electron chi connectivity index (χ0n) is 36.0. The van der Waals surface area contributed by atoms with E-state index in [9.17, 15) is 9.13 Å². The van der Waals surface area contributed by atoms with Gasteiger partial charge in [0.1, 0.15) is 28.8 Å². The Bertz CT molecular complexity index is 2250. The van der Waals surface area contributed by atoms with Crippen LogP contribution in [0.1, 0.15) is 73.1 Å². The highest BCUT2D eigenvalue weighted by atomic mass is 31.2. The van der Waals surface area contributed by atoms with Crippen LogP contribution in [-0.2, 0) is 24.6 Å². The standard InChI is InChI=1S/C47H52O8P2.C2H6/c1-32(2)14-10-15-33(3)31-50-56(48,53-44-34(4)16-11-17-35(44)5)51-42-24-22-40(23-25-42)29-47-27-26-43(28-41(47)30-47)52-57(49,54-45-36(6)18-12-19-37(45)7)55-46-38(8)20-13-21-39(46)9;1-2/h10-28,41H,1,29-31H2,2-9H3;1-2H3/b14-10-,33-15-;. The molecule has 59 heavy (non-hydrogen) atoms. The van der Waals surface area contributed by atoms with Crippen LogP contribution in [-0.4, -0.2) is 6.61 Å². The lowest BCUT2D eigenvalue weighted by Gasteiger charge is -2.24. The molecule has 4 aromatic rings. The van der Waals surface area contributed by atoms with Crippen molar-refractivity contribution in [3.8, 4) is 23.0 Å². The molecule has 2 aliphatic carbocycles. The molecule has 0 aromatic heterocycles. The molecule has 312 valence electrons. The van der Waals surface area contributed by atoms with E-state index in [1.165, 1.54) is 0 Å². The van der Waals surface area contributed by atoms with Crippen molar-refractivity contribution in [2.75, 3.05) is 6.61 Å². The predicted octanol–water partition coefficient (Wildman–Crippen LogP) is 14.5. The van der Waals surface area contributed by atoms with E-state index in [1.54, 1.807) is 12.1 Å². The van der Waals surface area contributed by atoms with Crippen LogP contribution in [0, 0.1) is 52.9 Å². The van der Waals surface area contributed by atoms with Crippen molar-refractivity contribution >= 4 is 15.6 Å². The lowest BCUT2D eigenvalue weighted by Crippen LogP contribution is -2.11. The van der Waals surface area contributed by atoms with Gasteiger partial charge in [0.2, 0.25) is 0 Å². The second-order valence-electron chi connectivity index (χ2n) is 15.3. The summed E-state index contributed by atoms with van der Waals surface area (Å²) in [5.74, 6) is 2.38. The highest BCUT2D eigenvalue weighted by Crippen LogP contribution is 2.61. The molecule has 2 aliphatic rings. The molecular formula is C49H58O8P2. The fraction of sp³-hybridized carbons (Fsp3) is 0.306. The molecule has 6 rings (SSSR count). The van der Waals surface area contributed by atoms with Gasteiger partial charge in [-0.1, -0.05) is 117 Å². The lowest BCUT2D eigenvalue weighted by molar-refractivity contribution is 0.224. The summed E-state index contributed by atoms with van der Waals surface area (Å²) in [6.45, 7) is 23.1. The van der Waals surface area contributed by atoms with Gasteiger partial charge in [-0.25, -0.2) is 4.57 Å². The van der Waals surface area contributed by atoms with Crippen LogP contribution < -0.4 is 18.1 Å². The summed E-state index contributed by atoms with van der Waals surface area (Å²) in [4.78, 5) is 0. The van der Waals surface area contributed by atoms with Gasteiger partial charge >= 0.3 is 15.6 Å². The van der Waals surface area contributed by atoms with E-state index in [-0.39, 0.29) is 17.9 Å². The summed E-state index contributed by atoms with van der Waals surface area (Å²) in [7, 11) is -8.31. The zero-order chi connectivity index (χ0) is 43.0. The van der Waals surface area contributed by atoms with E-state index in [4.69, 9.17) is 27.1 Å². The van der Waals surface area contributed by atoms with Gasteiger partial charge in [-0.2, -0.15) is 4.57 Å². The Kier molecular flexibility index (Phi) is 14.8. The second kappa shape index (κ2) is 19.4. The van der Waals surface area contributed by atoms with Crippen LogP contribution >= 0.6 is 15.6 Å². The Morgan fingerprint density at radius 1 is 0.695 bits per heavy atom. The molecule has 0 spiro atoms. The summed E-state index contributed by atoms with van der Waals surface area (Å²) in [5, 5.41) is 0. The maximum absolute atomic E-state index is 14.5. The molecule has 0 aliphatic heterocycles. The summed E-state index contributed by atoms with van der Waals surface area (Å²) in [6, 6.07) is 24.7. The molecule has 3 atom stereocenters. The summed E-state index contributed by atoms with van der Waals surface area (Å²) in [5.41, 5.74) is 7.66. The van der Waals surface area contributed by atoms with Crippen LogP contribution in [0.25, 0.3) is 0 Å². The first-order valence-electron chi connectivity index (χ1n) is 20.1. The molecule has 4 aromatic carbocycles. The van der Waals surface area contributed by atoms with Crippen molar-refractivity contribution in [1.29, 1.82) is 0 Å². The quantitative estimate of drug-likeness (QED) is 0.0767. The van der Waals surface area contributed by atoms with Gasteiger partial charge in [0, 0.05) is 0 Å². The molecule has 8 nitrogen and oxygen atoms in total. The van der Waals surface area contributed by atoms with Crippen molar-refractivity contribution in [2.45, 2.75) is 82.1 Å². The first-order chi connectivity index (χ1) is 28.1. The second-order valence-corrected chi connectivity index (χ2v) is 18.2. The van der Waals surface area contributed by atoms with Gasteiger partial charge in [-0.05, 0) is 148 Å². The fourth-order valence-electron chi connectivity index (χ4n) is 6.80. The number of allylic oxidation sites excluding steroid dienone is 7. The van der Waals surface area contributed by atoms with Crippen LogP contribution in [0.5, 0.6) is 23.0 Å². The van der Waals surface area contributed by atoms with Gasteiger partial charge in [-0.15, -0.1) is 0 Å². The topological polar surface area (TPSA) is 89.5 Å². The Morgan fingerprint density at radius 3 is 1.63 bits per heavy atom. The SMILES string of the molecule is C=C(C)/C=C\C=C(\C)COP(=O)(Oc1ccc(CC23C=CC(OP(=O)(Oc4c(C)cccc4C)Oc4c(C)cccc4C)=CC2C3)cc1)Oc1c(C)cccc1C.CC. The van der Waals surface area contributed by atoms with Gasteiger partial charge in [-0.3, -0.25) is 4.52 Å². The van der Waals surface area contributed by atoms with Gasteiger partial charge in [0.25, 0.3) is 0 Å². The summed E-state index contributed by atoms with van der Waals surface area (Å²) < 4.78 is 65.2. The predicted molar refractivity (Wildman–Crippen MR) is 239 cm³/mol. The Balaban J connectivity index is 0.00000326. The van der Waals surface area contributed by atoms with Crippen molar-refractivity contribution in [2.24, 2.45) is 11.3 Å². The highest BCUT2D eigenvalue weighted by Gasteiger charge is 2.53. The number of phosphoric ester groups is 2. The number of hydrogen-bond donors (Lipinski definition) is 0. The molecule has 1 saturated carbocycles. The van der Waals surface area contributed by atoms with Crippen LogP contribution in [0.3, 0.4) is 0 Å². The number of benzene rings is 4. The van der Waals surface area contributed by atoms with Gasteiger partial charge in [0.15, 0.2) is 0 Å². The Morgan fingerprint density at radius 2 is 1.17 bits per heavy atom. The number of rotatable bonds is 17. The van der Waals surface area contributed by atoms with Crippen molar-refractivity contribution in [3.63, 3.8) is 0 Å². The monoisotopic (exact) mass is 836 g/mol. The molecular weight excluding hydrogens is 778 g/mol. The number of fused-ring (bicyclic) bond motifs is 1. The minimum atomic E-state index is -4.19. The number of hydrogen-bond acceptors (Lipinski definition) is 8. The third kappa shape index (κ3) is 11.8. The minimum Gasteiger partial charge on any atom is -0.395 e. The molecule has 0 N–H and O–H groups in total. The molecule has 10 heteroatoms. The molecule has 0 amide bonds. The molecule has 3 unspecified atom stereocenters. The first kappa shape index (κ1) is 45.1. The van der Waals surface area contributed by atoms with Crippen molar-refractivity contribution < 1.29 is 36.3 Å². The number of phosphoric acid groups is 2. The van der Waals surface area contributed by atoms with Gasteiger partial charge in [0.05, 0.1) is 6.61 Å². The minimum absolute atomic E-state index is 0.0427. The fourth-order valence-corrected chi connectivity index (χ4v) is 9.71. The molecule has 0 bridgehead atoms. The Labute approximate surface area is 351 Å². The number of para-hydroxylation sites is 3. The normalized spacial score (nSPS) is 18.1. The third-order valence-corrected chi connectivity index (χ3v) is 12.6. The average molecular weight is 837 g/mol.